The topological polar surface area (TPSA) is 55.5 Å². The smallest absolute Gasteiger partial charge is 0.127 e. The predicted molar refractivity (Wildman–Crippen MR) is 59.1 cm³/mol. The molecule has 1 aliphatic carbocycles. The monoisotopic (exact) mass is 207 g/mol. The third-order valence-electron chi connectivity index (χ3n) is 3.38. The van der Waals surface area contributed by atoms with Gasteiger partial charge in [-0.1, -0.05) is 0 Å². The molecule has 2 rings (SSSR count). The third-order valence-corrected chi connectivity index (χ3v) is 3.38. The molecule has 3 heteroatoms. The maximum atomic E-state index is 10.1. The van der Waals surface area contributed by atoms with Gasteiger partial charge in [0.25, 0.3) is 0 Å². The van der Waals surface area contributed by atoms with Crippen LogP contribution < -0.4 is 10.5 Å². The van der Waals surface area contributed by atoms with Crippen molar-refractivity contribution in [2.45, 2.75) is 31.7 Å². The summed E-state index contributed by atoms with van der Waals surface area (Å²) in [6.07, 6.45) is 3.04. The fourth-order valence-electron chi connectivity index (χ4n) is 2.13. The highest BCUT2D eigenvalue weighted by molar-refractivity contribution is 5.51. The normalized spacial score (nSPS) is 18.3. The van der Waals surface area contributed by atoms with E-state index < -0.39 is 0 Å². The minimum Gasteiger partial charge on any atom is -0.507 e. The number of methoxy groups -OCH3 is 1. The standard InChI is InChI=1S/C12H17NO2/c1-8-10(15-2)5-4-9(11(8)14)12(13)6-3-7-12/h4-5,14H,3,6-7,13H2,1-2H3. The number of phenolic OH excluding ortho intramolecular Hbond substituents is 1. The first-order valence-corrected chi connectivity index (χ1v) is 5.24. The first-order chi connectivity index (χ1) is 7.08. The number of hydrogen-bond acceptors (Lipinski definition) is 3. The maximum absolute atomic E-state index is 10.1. The molecular formula is C12H17NO2. The van der Waals surface area contributed by atoms with Crippen LogP contribution in [0.2, 0.25) is 0 Å². The highest BCUT2D eigenvalue weighted by Gasteiger charge is 2.37. The molecule has 1 fully saturated rings. The van der Waals surface area contributed by atoms with Gasteiger partial charge < -0.3 is 15.6 Å². The van der Waals surface area contributed by atoms with Crippen molar-refractivity contribution < 1.29 is 9.84 Å². The zero-order valence-corrected chi connectivity index (χ0v) is 9.21. The summed E-state index contributed by atoms with van der Waals surface area (Å²) in [5.74, 6) is 0.996. The average molecular weight is 207 g/mol. The quantitative estimate of drug-likeness (QED) is 0.780. The van der Waals surface area contributed by atoms with Crippen LogP contribution in [0.15, 0.2) is 12.1 Å². The molecule has 82 valence electrons. The molecule has 3 N–H and O–H groups in total. The first-order valence-electron chi connectivity index (χ1n) is 5.24. The van der Waals surface area contributed by atoms with Gasteiger partial charge in [0.2, 0.25) is 0 Å². The average Bonchev–Trinajstić information content (AvgIpc) is 2.19. The Balaban J connectivity index is 2.46. The molecule has 0 amide bonds. The van der Waals surface area contributed by atoms with E-state index in [2.05, 4.69) is 0 Å². The number of aromatic hydroxyl groups is 1. The number of nitrogens with two attached hydrogens (primary N) is 1. The van der Waals surface area contributed by atoms with E-state index in [0.29, 0.717) is 5.75 Å². The van der Waals surface area contributed by atoms with Crippen molar-refractivity contribution >= 4 is 0 Å². The molecule has 15 heavy (non-hydrogen) atoms. The van der Waals surface area contributed by atoms with E-state index in [9.17, 15) is 5.11 Å². The van der Waals surface area contributed by atoms with Crippen LogP contribution in [0, 0.1) is 6.92 Å². The number of ether oxygens (including phenoxy) is 1. The van der Waals surface area contributed by atoms with E-state index in [-0.39, 0.29) is 11.3 Å². The van der Waals surface area contributed by atoms with Crippen molar-refractivity contribution in [3.63, 3.8) is 0 Å². The van der Waals surface area contributed by atoms with Gasteiger partial charge in [-0.05, 0) is 38.3 Å². The molecule has 0 spiro atoms. The molecule has 0 heterocycles. The summed E-state index contributed by atoms with van der Waals surface area (Å²) in [6, 6.07) is 3.75. The van der Waals surface area contributed by atoms with Gasteiger partial charge in [0.05, 0.1) is 7.11 Å². The Bertz CT molecular complexity index is 383. The summed E-state index contributed by atoms with van der Waals surface area (Å²) in [5, 5.41) is 10.1. The zero-order valence-electron chi connectivity index (χ0n) is 9.21. The number of rotatable bonds is 2. The molecule has 0 saturated heterocycles. The van der Waals surface area contributed by atoms with E-state index in [0.717, 1.165) is 30.4 Å². The second kappa shape index (κ2) is 3.42. The van der Waals surface area contributed by atoms with E-state index in [1.807, 2.05) is 19.1 Å². The summed E-state index contributed by atoms with van der Waals surface area (Å²) in [4.78, 5) is 0. The number of benzene rings is 1. The van der Waals surface area contributed by atoms with Crippen molar-refractivity contribution in [2.24, 2.45) is 5.73 Å². The van der Waals surface area contributed by atoms with Crippen molar-refractivity contribution in [3.8, 4) is 11.5 Å². The van der Waals surface area contributed by atoms with Crippen LogP contribution in [0.3, 0.4) is 0 Å². The highest BCUT2D eigenvalue weighted by atomic mass is 16.5. The van der Waals surface area contributed by atoms with Crippen molar-refractivity contribution in [3.05, 3.63) is 23.3 Å². The summed E-state index contributed by atoms with van der Waals surface area (Å²) in [6.45, 7) is 1.85. The molecular weight excluding hydrogens is 190 g/mol. The molecule has 0 aromatic heterocycles. The Morgan fingerprint density at radius 2 is 2.07 bits per heavy atom. The Kier molecular flexibility index (Phi) is 2.35. The summed E-state index contributed by atoms with van der Waals surface area (Å²) >= 11 is 0. The lowest BCUT2D eigenvalue weighted by Crippen LogP contribution is -2.43. The first kappa shape index (κ1) is 10.3. The predicted octanol–water partition coefficient (Wildman–Crippen LogP) is 2.05. The van der Waals surface area contributed by atoms with E-state index in [4.69, 9.17) is 10.5 Å². The lowest BCUT2D eigenvalue weighted by molar-refractivity contribution is 0.244. The van der Waals surface area contributed by atoms with Gasteiger partial charge in [-0.15, -0.1) is 0 Å². The Morgan fingerprint density at radius 3 is 2.53 bits per heavy atom. The molecule has 3 nitrogen and oxygen atoms in total. The van der Waals surface area contributed by atoms with Crippen LogP contribution in [-0.2, 0) is 5.54 Å². The Morgan fingerprint density at radius 1 is 1.40 bits per heavy atom. The molecule has 0 atom stereocenters. The molecule has 0 aliphatic heterocycles. The largest absolute Gasteiger partial charge is 0.507 e. The summed E-state index contributed by atoms with van der Waals surface area (Å²) in [5.41, 5.74) is 7.49. The SMILES string of the molecule is COc1ccc(C2(N)CCC2)c(O)c1C. The van der Waals surface area contributed by atoms with Gasteiger partial charge in [-0.3, -0.25) is 0 Å². The molecule has 0 bridgehead atoms. The highest BCUT2D eigenvalue weighted by Crippen LogP contribution is 2.44. The Labute approximate surface area is 89.9 Å². The summed E-state index contributed by atoms with van der Waals surface area (Å²) < 4.78 is 5.14. The van der Waals surface area contributed by atoms with Crippen LogP contribution in [-0.4, -0.2) is 12.2 Å². The van der Waals surface area contributed by atoms with Crippen LogP contribution >= 0.6 is 0 Å². The summed E-state index contributed by atoms with van der Waals surface area (Å²) in [7, 11) is 1.60. The zero-order chi connectivity index (χ0) is 11.1. The molecule has 1 aliphatic rings. The van der Waals surface area contributed by atoms with Gasteiger partial charge in [-0.2, -0.15) is 0 Å². The van der Waals surface area contributed by atoms with Crippen molar-refractivity contribution in [1.82, 2.24) is 0 Å². The molecule has 0 unspecified atom stereocenters. The van der Waals surface area contributed by atoms with Gasteiger partial charge in [0.15, 0.2) is 0 Å². The number of hydrogen-bond donors (Lipinski definition) is 2. The minimum atomic E-state index is -0.318. The molecule has 0 radical (unpaired) electrons. The van der Waals surface area contributed by atoms with E-state index >= 15 is 0 Å². The second-order valence-electron chi connectivity index (χ2n) is 4.30. The Hall–Kier alpha value is -1.22. The van der Waals surface area contributed by atoms with E-state index in [1.54, 1.807) is 7.11 Å². The lowest BCUT2D eigenvalue weighted by Gasteiger charge is -2.39. The van der Waals surface area contributed by atoms with Crippen LogP contribution in [0.4, 0.5) is 0 Å². The van der Waals surface area contributed by atoms with Gasteiger partial charge in [0, 0.05) is 16.7 Å². The lowest BCUT2D eigenvalue weighted by atomic mass is 9.72. The van der Waals surface area contributed by atoms with Crippen molar-refractivity contribution in [2.75, 3.05) is 7.11 Å². The van der Waals surface area contributed by atoms with Crippen LogP contribution in [0.1, 0.15) is 30.4 Å². The fourth-order valence-corrected chi connectivity index (χ4v) is 2.13. The molecule has 1 aromatic carbocycles. The minimum absolute atomic E-state index is 0.288. The van der Waals surface area contributed by atoms with Crippen LogP contribution in [0.25, 0.3) is 0 Å². The van der Waals surface area contributed by atoms with Gasteiger partial charge in [-0.25, -0.2) is 0 Å². The van der Waals surface area contributed by atoms with Crippen LogP contribution in [0.5, 0.6) is 11.5 Å². The molecule has 1 saturated carbocycles. The van der Waals surface area contributed by atoms with Crippen molar-refractivity contribution in [1.29, 1.82) is 0 Å². The van der Waals surface area contributed by atoms with Gasteiger partial charge in [0.1, 0.15) is 11.5 Å². The second-order valence-corrected chi connectivity index (χ2v) is 4.30. The number of phenols is 1. The maximum Gasteiger partial charge on any atom is 0.127 e. The molecule has 1 aromatic rings. The van der Waals surface area contributed by atoms with E-state index in [1.165, 1.54) is 0 Å². The third kappa shape index (κ3) is 1.47. The fraction of sp³-hybridized carbons (Fsp3) is 0.500. The van der Waals surface area contributed by atoms with Gasteiger partial charge >= 0.3 is 0 Å².